The van der Waals surface area contributed by atoms with Gasteiger partial charge in [-0.2, -0.15) is 0 Å². The maximum Gasteiger partial charge on any atom is 0.306 e. The maximum absolute atomic E-state index is 13.2. The normalized spacial score (nSPS) is 34.3. The lowest BCUT2D eigenvalue weighted by Crippen LogP contribution is -2.63. The van der Waals surface area contributed by atoms with Crippen LogP contribution in [0.4, 0.5) is 0 Å². The second kappa shape index (κ2) is 21.4. The zero-order valence-electron chi connectivity index (χ0n) is 30.7. The van der Waals surface area contributed by atoms with Crippen molar-refractivity contribution in [2.75, 3.05) is 13.3 Å². The van der Waals surface area contributed by atoms with E-state index in [9.17, 15) is 34.8 Å². The Morgan fingerprint density at radius 2 is 1.68 bits per heavy atom. The van der Waals surface area contributed by atoms with E-state index >= 15 is 0 Å². The van der Waals surface area contributed by atoms with Crippen molar-refractivity contribution in [2.45, 2.75) is 130 Å². The zero-order chi connectivity index (χ0) is 39.3. The van der Waals surface area contributed by atoms with E-state index in [2.05, 4.69) is 51.8 Å². The van der Waals surface area contributed by atoms with Crippen LogP contribution in [-0.4, -0.2) is 79.0 Å². The van der Waals surface area contributed by atoms with Crippen molar-refractivity contribution in [3.8, 4) is 0 Å². The van der Waals surface area contributed by atoms with E-state index in [1.807, 2.05) is 0 Å². The second-order valence-corrected chi connectivity index (χ2v) is 15.6. The molecule has 11 atom stereocenters. The Hall–Kier alpha value is -1.86. The molecule has 2 aliphatic carbocycles. The van der Waals surface area contributed by atoms with Gasteiger partial charge in [0.05, 0.1) is 25.1 Å². The number of carboxylic acid groups (broad SMARTS) is 1. The number of esters is 2. The third-order valence-corrected chi connectivity index (χ3v) is 12.0. The number of nitrogens with two attached hydrogens (primary N) is 1. The molecule has 19 nitrogen and oxygen atoms in total. The first-order valence-corrected chi connectivity index (χ1v) is 18.9. The summed E-state index contributed by atoms with van der Waals surface area (Å²) >= 11 is 0.115. The van der Waals surface area contributed by atoms with Crippen LogP contribution in [0.15, 0.2) is 0 Å². The van der Waals surface area contributed by atoms with Crippen LogP contribution < -0.4 is 21.6 Å². The first kappa shape index (κ1) is 45.5. The molecule has 1 amide bonds. The van der Waals surface area contributed by atoms with Crippen LogP contribution in [0.25, 0.3) is 0 Å². The average molecular weight is 801 g/mol. The molecule has 0 spiro atoms. The predicted octanol–water partition coefficient (Wildman–Crippen LogP) is 1.72. The molecule has 53 heavy (non-hydrogen) atoms. The number of rotatable bonds is 21. The second-order valence-electron chi connectivity index (χ2n) is 14.6. The van der Waals surface area contributed by atoms with Gasteiger partial charge in [-0.3, -0.25) is 37.6 Å². The zero-order valence-corrected chi connectivity index (χ0v) is 32.4. The summed E-state index contributed by atoms with van der Waals surface area (Å²) < 4.78 is 44.1. The van der Waals surface area contributed by atoms with E-state index in [0.29, 0.717) is 6.42 Å². The Kier molecular flexibility index (Phi) is 18.4. The number of amides is 1. The van der Waals surface area contributed by atoms with Crippen LogP contribution in [0.5, 0.6) is 0 Å². The molecule has 0 aromatic rings. The van der Waals surface area contributed by atoms with E-state index in [1.54, 1.807) is 13.8 Å². The number of hydrogen-bond acceptors (Lipinski definition) is 19. The molecule has 0 radical (unpaired) electrons. The largest absolute Gasteiger partial charge is 0.691 e. The summed E-state index contributed by atoms with van der Waals surface area (Å²) in [6.07, 6.45) is -5.35. The highest BCUT2D eigenvalue weighted by Crippen LogP contribution is 2.62. The fourth-order valence-corrected chi connectivity index (χ4v) is 8.77. The minimum atomic E-state index is -1.48. The number of nitrogens with one attached hydrogen (secondary N) is 1. The lowest BCUT2D eigenvalue weighted by Gasteiger charge is -2.60. The van der Waals surface area contributed by atoms with Crippen LogP contribution >= 0.6 is 24.6 Å². The third-order valence-electron chi connectivity index (χ3n) is 11.1. The van der Waals surface area contributed by atoms with Crippen molar-refractivity contribution in [1.82, 2.24) is 5.32 Å². The van der Waals surface area contributed by atoms with Gasteiger partial charge in [-0.05, 0) is 54.3 Å². The number of carbonyl (C=O) groups excluding carboxylic acids is 3. The minimum absolute atomic E-state index is 0.0349. The van der Waals surface area contributed by atoms with Crippen LogP contribution in [0, 0.1) is 34.5 Å². The number of ether oxygens (including phenoxy) is 4. The Morgan fingerprint density at radius 1 is 1.02 bits per heavy atom. The van der Waals surface area contributed by atoms with E-state index in [-0.39, 0.29) is 80.2 Å². The molecule has 3 rings (SSSR count). The van der Waals surface area contributed by atoms with Gasteiger partial charge in [0, 0.05) is 12.8 Å². The summed E-state index contributed by atoms with van der Waals surface area (Å²) in [5.41, 5.74) is 4.81. The highest BCUT2D eigenvalue weighted by Gasteiger charge is 2.59. The van der Waals surface area contributed by atoms with Crippen molar-refractivity contribution in [3.05, 3.63) is 0 Å². The van der Waals surface area contributed by atoms with Gasteiger partial charge in [0.25, 0.3) is 0 Å². The third kappa shape index (κ3) is 12.3. The lowest BCUT2D eigenvalue weighted by atomic mass is 9.46. The van der Waals surface area contributed by atoms with Crippen LogP contribution in [0.3, 0.4) is 0 Å². The van der Waals surface area contributed by atoms with Crippen molar-refractivity contribution in [2.24, 2.45) is 40.2 Å². The van der Waals surface area contributed by atoms with Gasteiger partial charge in [-0.15, -0.1) is 8.67 Å². The summed E-state index contributed by atoms with van der Waals surface area (Å²) in [6, 6.07) is 0. The molecule has 1 saturated heterocycles. The highest BCUT2D eigenvalue weighted by atomic mass is 32.2. The van der Waals surface area contributed by atoms with Gasteiger partial charge in [-0.25, -0.2) is 0 Å². The molecular formula is C32H52N2O17S2-2. The monoisotopic (exact) mass is 800 g/mol. The van der Waals surface area contributed by atoms with Gasteiger partial charge in [0.1, 0.15) is 24.9 Å². The number of carboxylic acids is 1. The molecule has 0 bridgehead atoms. The van der Waals surface area contributed by atoms with Crippen molar-refractivity contribution < 1.29 is 80.9 Å². The summed E-state index contributed by atoms with van der Waals surface area (Å²) in [4.78, 5) is 50.4. The predicted molar refractivity (Wildman–Crippen MR) is 178 cm³/mol. The van der Waals surface area contributed by atoms with Crippen molar-refractivity contribution in [1.29, 1.82) is 0 Å². The van der Waals surface area contributed by atoms with Gasteiger partial charge >= 0.3 is 17.9 Å². The highest BCUT2D eigenvalue weighted by molar-refractivity contribution is 7.90. The van der Waals surface area contributed by atoms with Crippen LogP contribution in [0.1, 0.15) is 92.9 Å². The molecule has 306 valence electrons. The van der Waals surface area contributed by atoms with Gasteiger partial charge in [0.15, 0.2) is 37.0 Å². The van der Waals surface area contributed by atoms with Gasteiger partial charge < -0.3 is 45.6 Å². The van der Waals surface area contributed by atoms with Crippen molar-refractivity contribution in [3.63, 3.8) is 0 Å². The summed E-state index contributed by atoms with van der Waals surface area (Å²) in [6.45, 7) is 11.5. The molecule has 1 heterocycles. The van der Waals surface area contributed by atoms with Gasteiger partial charge in [-0.1, -0.05) is 48.0 Å². The van der Waals surface area contributed by atoms with E-state index in [4.69, 9.17) is 33.0 Å². The fourth-order valence-electron chi connectivity index (χ4n) is 8.02. The lowest BCUT2D eigenvalue weighted by molar-refractivity contribution is -0.778. The molecule has 3 aliphatic rings. The topological polar surface area (TPSA) is 265 Å². The van der Waals surface area contributed by atoms with Gasteiger partial charge in [0.2, 0.25) is 5.91 Å². The molecule has 2 saturated carbocycles. The molecule has 1 aliphatic heterocycles. The standard InChI is InChI=1S/C32H54N2O17S2/c1-7-31(5)11-10-21-20(29(38)39)13-19(14-32(21,6)18(31)4)43-30-28(45-25(37)12-17(2)3)27(47-53-51-49-41)26(46-52-50-48-40)22(44-30)15-42-24(36)9-8-23(35)34-16-33/h17-22,26-28,30,40-41H,7-16,33H2,1-6H3,(H,34,35)(H,38,39)/p-2/t18?,19?,20?,21?,22-,26-,27-,28?,30+,31?,32?/m1/s1. The molecule has 3 fully saturated rings. The van der Waals surface area contributed by atoms with E-state index < -0.39 is 78.6 Å². The number of fused-ring (bicyclic) bond motifs is 1. The minimum Gasteiger partial charge on any atom is -0.691 e. The first-order chi connectivity index (χ1) is 25.1. The molecule has 0 aromatic carbocycles. The molecule has 0 aromatic heterocycles. The molecule has 21 heteroatoms. The average Bonchev–Trinajstić information content (AvgIpc) is 3.10. The Labute approximate surface area is 317 Å². The first-order valence-electron chi connectivity index (χ1n) is 17.6. The quantitative estimate of drug-likeness (QED) is 0.0284. The van der Waals surface area contributed by atoms with Crippen molar-refractivity contribution >= 4 is 48.5 Å². The molecular weight excluding hydrogens is 748 g/mol. The van der Waals surface area contributed by atoms with Crippen LogP contribution in [-0.2, 0) is 65.2 Å². The van der Waals surface area contributed by atoms with E-state index in [0.717, 1.165) is 19.3 Å². The molecule has 4 N–H and O–H groups in total. The number of aliphatic carboxylic acids is 1. The smallest absolute Gasteiger partial charge is 0.306 e. The van der Waals surface area contributed by atoms with Crippen LogP contribution in [0.2, 0.25) is 0 Å². The fraction of sp³-hybridized carbons (Fsp3) is 0.875. The Bertz CT molecular complexity index is 1200. The Morgan fingerprint density at radius 3 is 2.26 bits per heavy atom. The Balaban J connectivity index is 2.01. The van der Waals surface area contributed by atoms with E-state index in [1.165, 1.54) is 0 Å². The summed E-state index contributed by atoms with van der Waals surface area (Å²) in [5, 5.41) is 40.9. The summed E-state index contributed by atoms with van der Waals surface area (Å²) in [5.74, 6) is -3.79. The SMILES string of the molecule is CCC1(C)CCC2C(C(=O)O)CC(O[C@H]3O[C@H](COC(=O)CCC(=O)NCN)[C@@H](OSOO[O-])[C@@H](OSOO[O-])C3OC(=O)CC(C)C)CC2(C)C1C. The summed E-state index contributed by atoms with van der Waals surface area (Å²) in [7, 11) is 0. The maximum atomic E-state index is 13.2. The molecule has 7 unspecified atom stereocenters. The number of hydrogen-bond donors (Lipinski definition) is 3. The number of carbonyl (C=O) groups is 4.